The highest BCUT2D eigenvalue weighted by atomic mass is 19.2. The predicted molar refractivity (Wildman–Crippen MR) is 50.6 cm³/mol. The molecule has 1 aromatic rings. The van der Waals surface area contributed by atoms with Gasteiger partial charge in [0.05, 0.1) is 0 Å². The van der Waals surface area contributed by atoms with Crippen molar-refractivity contribution >= 4 is 5.97 Å². The summed E-state index contributed by atoms with van der Waals surface area (Å²) < 4.78 is 12.0. The third-order valence-electron chi connectivity index (χ3n) is 1.99. The Balaban J connectivity index is 2.67. The topological polar surface area (TPSA) is 49.3 Å². The van der Waals surface area contributed by atoms with Gasteiger partial charge in [-0.2, -0.15) is 0 Å². The van der Waals surface area contributed by atoms with Gasteiger partial charge < -0.3 is 5.11 Å². The first-order valence-corrected chi connectivity index (χ1v) is 4.28. The molecule has 0 bridgehead atoms. The average Bonchev–Trinajstić information content (AvgIpc) is 2.16. The molecule has 0 saturated heterocycles. The molecule has 0 radical (unpaired) electrons. The van der Waals surface area contributed by atoms with E-state index in [0.717, 1.165) is 11.1 Å². The molecule has 1 atom stereocenters. The number of benzene rings is 1. The summed E-state index contributed by atoms with van der Waals surface area (Å²) in [6.45, 7) is 1.94. The highest BCUT2D eigenvalue weighted by molar-refractivity contribution is 5.73. The number of rotatable bonds is 4. The van der Waals surface area contributed by atoms with Crippen LogP contribution in [0, 0.1) is 6.92 Å². The maximum absolute atomic E-state index is 12.0. The molecule has 0 spiro atoms. The molecule has 0 unspecified atom stereocenters. The van der Waals surface area contributed by atoms with E-state index in [1.165, 1.54) is 5.54 Å². The summed E-state index contributed by atoms with van der Waals surface area (Å²) in [6, 6.07) is 6.15. The van der Waals surface area contributed by atoms with Crippen LogP contribution in [-0.2, 0) is 11.2 Å². The van der Waals surface area contributed by atoms with E-state index in [2.05, 4.69) is 0 Å². The highest BCUT2D eigenvalue weighted by Crippen LogP contribution is 2.06. The van der Waals surface area contributed by atoms with Gasteiger partial charge in [0, 0.05) is 6.42 Å². The molecule has 4 heteroatoms. The van der Waals surface area contributed by atoms with Crippen LogP contribution in [0.15, 0.2) is 24.3 Å². The Bertz CT molecular complexity index is 310. The van der Waals surface area contributed by atoms with E-state index in [9.17, 15) is 9.28 Å². The van der Waals surface area contributed by atoms with E-state index in [1.54, 1.807) is 12.1 Å². The van der Waals surface area contributed by atoms with Crippen molar-refractivity contribution in [2.45, 2.75) is 19.4 Å². The van der Waals surface area contributed by atoms with Gasteiger partial charge >= 0.3 is 5.97 Å². The van der Waals surface area contributed by atoms with Crippen molar-refractivity contribution in [1.29, 1.82) is 0 Å². The number of aryl methyl sites for hydroxylation is 1. The van der Waals surface area contributed by atoms with Crippen LogP contribution in [0.1, 0.15) is 11.1 Å². The molecule has 2 N–H and O–H groups in total. The Kier molecular flexibility index (Phi) is 3.59. The summed E-state index contributed by atoms with van der Waals surface area (Å²) in [6.07, 6.45) is 0.145. The van der Waals surface area contributed by atoms with E-state index in [4.69, 9.17) is 5.11 Å². The minimum atomic E-state index is -1.19. The minimum absolute atomic E-state index is 0.145. The van der Waals surface area contributed by atoms with Gasteiger partial charge in [-0.05, 0) is 12.5 Å². The number of halogens is 1. The molecule has 0 aliphatic heterocycles. The molecule has 1 rings (SSSR count). The Morgan fingerprint density at radius 3 is 2.50 bits per heavy atom. The fourth-order valence-electron chi connectivity index (χ4n) is 1.13. The molecular formula is C10H12FNO2. The zero-order valence-electron chi connectivity index (χ0n) is 7.83. The lowest BCUT2D eigenvalue weighted by atomic mass is 10.1. The van der Waals surface area contributed by atoms with E-state index in [1.807, 2.05) is 19.1 Å². The second-order valence-corrected chi connectivity index (χ2v) is 3.19. The number of carbonyl (C=O) groups is 1. The molecule has 0 heterocycles. The second-order valence-electron chi connectivity index (χ2n) is 3.19. The van der Waals surface area contributed by atoms with Crippen LogP contribution in [0.4, 0.5) is 4.48 Å². The first kappa shape index (κ1) is 10.7. The van der Waals surface area contributed by atoms with E-state index in [0.29, 0.717) is 0 Å². The lowest BCUT2D eigenvalue weighted by Crippen LogP contribution is -2.33. The molecule has 76 valence electrons. The van der Waals surface area contributed by atoms with Gasteiger partial charge in [0.15, 0.2) is 0 Å². The van der Waals surface area contributed by atoms with Crippen molar-refractivity contribution in [3.8, 4) is 0 Å². The zero-order chi connectivity index (χ0) is 10.6. The SMILES string of the molecule is Cc1ccc(C[C@H](NF)C(=O)O)cc1. The Labute approximate surface area is 81.5 Å². The third-order valence-corrected chi connectivity index (χ3v) is 1.99. The summed E-state index contributed by atoms with van der Waals surface area (Å²) in [5.41, 5.74) is 3.16. The van der Waals surface area contributed by atoms with Gasteiger partial charge in [-0.3, -0.25) is 4.79 Å². The van der Waals surface area contributed by atoms with Gasteiger partial charge in [0.25, 0.3) is 0 Å². The predicted octanol–water partition coefficient (Wildman–Crippen LogP) is 1.46. The zero-order valence-corrected chi connectivity index (χ0v) is 7.83. The average molecular weight is 197 g/mol. The molecule has 1 aromatic carbocycles. The number of nitrogens with one attached hydrogen (secondary N) is 1. The first-order chi connectivity index (χ1) is 6.63. The highest BCUT2D eigenvalue weighted by Gasteiger charge is 2.16. The Morgan fingerprint density at radius 2 is 2.07 bits per heavy atom. The van der Waals surface area contributed by atoms with Crippen LogP contribution in [0.5, 0.6) is 0 Å². The lowest BCUT2D eigenvalue weighted by Gasteiger charge is -2.08. The van der Waals surface area contributed by atoms with Gasteiger partial charge in [-0.15, -0.1) is 10.0 Å². The van der Waals surface area contributed by atoms with Crippen LogP contribution in [0.3, 0.4) is 0 Å². The van der Waals surface area contributed by atoms with Crippen LogP contribution in [0.2, 0.25) is 0 Å². The van der Waals surface area contributed by atoms with Crippen LogP contribution in [-0.4, -0.2) is 17.1 Å². The van der Waals surface area contributed by atoms with Crippen molar-refractivity contribution in [3.05, 3.63) is 35.4 Å². The summed E-state index contributed by atoms with van der Waals surface area (Å²) in [5.74, 6) is -1.19. The van der Waals surface area contributed by atoms with Gasteiger partial charge in [0.2, 0.25) is 0 Å². The molecule has 0 aromatic heterocycles. The Hall–Kier alpha value is -1.42. The lowest BCUT2D eigenvalue weighted by molar-refractivity contribution is -0.140. The van der Waals surface area contributed by atoms with Crippen LogP contribution >= 0.6 is 0 Å². The Morgan fingerprint density at radius 1 is 1.50 bits per heavy atom. The van der Waals surface area contributed by atoms with Crippen molar-refractivity contribution in [2.24, 2.45) is 0 Å². The maximum Gasteiger partial charge on any atom is 0.323 e. The largest absolute Gasteiger partial charge is 0.480 e. The monoisotopic (exact) mass is 197 g/mol. The molecule has 0 saturated carbocycles. The molecule has 0 aliphatic carbocycles. The molecular weight excluding hydrogens is 185 g/mol. The molecule has 14 heavy (non-hydrogen) atoms. The summed E-state index contributed by atoms with van der Waals surface area (Å²) in [7, 11) is 0. The summed E-state index contributed by atoms with van der Waals surface area (Å²) >= 11 is 0. The summed E-state index contributed by atoms with van der Waals surface area (Å²) in [4.78, 5) is 10.5. The molecule has 0 aliphatic rings. The molecule has 3 nitrogen and oxygen atoms in total. The van der Waals surface area contributed by atoms with E-state index < -0.39 is 12.0 Å². The fourth-order valence-corrected chi connectivity index (χ4v) is 1.13. The minimum Gasteiger partial charge on any atom is -0.480 e. The number of carboxylic acid groups (broad SMARTS) is 1. The van der Waals surface area contributed by atoms with Gasteiger partial charge in [0.1, 0.15) is 6.04 Å². The maximum atomic E-state index is 12.0. The van der Waals surface area contributed by atoms with Crippen molar-refractivity contribution in [3.63, 3.8) is 0 Å². The van der Waals surface area contributed by atoms with Gasteiger partial charge in [-0.1, -0.05) is 29.8 Å². The smallest absolute Gasteiger partial charge is 0.323 e. The fraction of sp³-hybridized carbons (Fsp3) is 0.300. The van der Waals surface area contributed by atoms with Crippen LogP contribution in [0.25, 0.3) is 0 Å². The molecule has 0 amide bonds. The number of hydrogen-bond donors (Lipinski definition) is 2. The quantitative estimate of drug-likeness (QED) is 0.718. The standard InChI is InChI=1S/C10H12FNO2/c1-7-2-4-8(5-3-7)6-9(12-11)10(13)14/h2-5,9,12H,6H2,1H3,(H,13,14)/t9-/m0/s1. The number of aliphatic carboxylic acids is 1. The number of carboxylic acids is 1. The van der Waals surface area contributed by atoms with E-state index in [-0.39, 0.29) is 6.42 Å². The number of hydrogen-bond acceptors (Lipinski definition) is 2. The van der Waals surface area contributed by atoms with Crippen LogP contribution < -0.4 is 5.54 Å². The van der Waals surface area contributed by atoms with Crippen molar-refractivity contribution in [2.75, 3.05) is 0 Å². The third kappa shape index (κ3) is 2.81. The summed E-state index contributed by atoms with van der Waals surface area (Å²) in [5, 5.41) is 8.59. The normalized spacial score (nSPS) is 12.4. The first-order valence-electron chi connectivity index (χ1n) is 4.28. The van der Waals surface area contributed by atoms with E-state index >= 15 is 0 Å². The second kappa shape index (κ2) is 4.72. The van der Waals surface area contributed by atoms with Gasteiger partial charge in [-0.25, -0.2) is 0 Å². The van der Waals surface area contributed by atoms with Crippen molar-refractivity contribution in [1.82, 2.24) is 5.54 Å². The molecule has 0 fully saturated rings. The van der Waals surface area contributed by atoms with Crippen molar-refractivity contribution < 1.29 is 14.4 Å².